The number of nitrogens with one attached hydrogen (secondary N) is 2. The van der Waals surface area contributed by atoms with E-state index in [1.165, 1.54) is 5.56 Å². The molecule has 25 heavy (non-hydrogen) atoms. The highest BCUT2D eigenvalue weighted by Gasteiger charge is 2.23. The minimum atomic E-state index is -0.0231. The molecule has 1 heterocycles. The Morgan fingerprint density at radius 2 is 1.96 bits per heavy atom. The van der Waals surface area contributed by atoms with Crippen LogP contribution in [0.3, 0.4) is 0 Å². The van der Waals surface area contributed by atoms with Crippen molar-refractivity contribution in [3.63, 3.8) is 0 Å². The van der Waals surface area contributed by atoms with Gasteiger partial charge in [0.1, 0.15) is 0 Å². The van der Waals surface area contributed by atoms with Crippen LogP contribution in [-0.4, -0.2) is 24.9 Å². The summed E-state index contributed by atoms with van der Waals surface area (Å²) in [6, 6.07) is 13.7. The molecule has 2 aromatic carbocycles. The van der Waals surface area contributed by atoms with Crippen molar-refractivity contribution in [1.82, 2.24) is 0 Å². The summed E-state index contributed by atoms with van der Waals surface area (Å²) >= 11 is 0. The number of anilines is 3. The van der Waals surface area contributed by atoms with E-state index in [1.807, 2.05) is 55.1 Å². The van der Waals surface area contributed by atoms with Gasteiger partial charge in [0.05, 0.1) is 6.54 Å². The first-order chi connectivity index (χ1) is 12.1. The number of hydrogen-bond acceptors (Lipinski definition) is 3. The maximum Gasteiger partial charge on any atom is 0.246 e. The van der Waals surface area contributed by atoms with Crippen molar-refractivity contribution in [2.24, 2.45) is 0 Å². The van der Waals surface area contributed by atoms with Crippen LogP contribution in [0, 0.1) is 6.92 Å². The molecule has 0 fully saturated rings. The van der Waals surface area contributed by atoms with Gasteiger partial charge >= 0.3 is 0 Å². The molecule has 1 aliphatic rings. The van der Waals surface area contributed by atoms with E-state index in [-0.39, 0.29) is 18.4 Å². The lowest BCUT2D eigenvalue weighted by molar-refractivity contribution is -0.117. The first kappa shape index (κ1) is 17.0. The Labute approximate surface area is 148 Å². The van der Waals surface area contributed by atoms with E-state index in [9.17, 15) is 9.59 Å². The normalized spacial score (nSPS) is 12.6. The van der Waals surface area contributed by atoms with Crippen molar-refractivity contribution in [2.75, 3.05) is 28.6 Å². The first-order valence-electron chi connectivity index (χ1n) is 8.61. The lowest BCUT2D eigenvalue weighted by atomic mass is 10.1. The zero-order valence-electron chi connectivity index (χ0n) is 14.6. The molecule has 0 spiro atoms. The fraction of sp³-hybridized carbons (Fsp3) is 0.300. The van der Waals surface area contributed by atoms with E-state index in [1.54, 1.807) is 0 Å². The van der Waals surface area contributed by atoms with Crippen LogP contribution in [0.4, 0.5) is 17.1 Å². The Hall–Kier alpha value is -2.82. The highest BCUT2D eigenvalue weighted by Crippen LogP contribution is 2.27. The van der Waals surface area contributed by atoms with Crippen molar-refractivity contribution >= 4 is 28.9 Å². The highest BCUT2D eigenvalue weighted by molar-refractivity contribution is 5.98. The quantitative estimate of drug-likeness (QED) is 0.879. The van der Waals surface area contributed by atoms with E-state index in [0.29, 0.717) is 6.42 Å². The summed E-state index contributed by atoms with van der Waals surface area (Å²) < 4.78 is 0. The predicted molar refractivity (Wildman–Crippen MR) is 101 cm³/mol. The molecule has 0 unspecified atom stereocenters. The number of rotatable bonds is 5. The number of carbonyl (C=O) groups excluding carboxylic acids is 2. The van der Waals surface area contributed by atoms with Gasteiger partial charge in [0.2, 0.25) is 11.8 Å². The number of nitrogens with zero attached hydrogens (tertiary/aromatic N) is 1. The van der Waals surface area contributed by atoms with E-state index >= 15 is 0 Å². The molecule has 0 bridgehead atoms. The van der Waals surface area contributed by atoms with Crippen LogP contribution < -0.4 is 15.5 Å². The van der Waals surface area contributed by atoms with Crippen LogP contribution in [0.2, 0.25) is 0 Å². The van der Waals surface area contributed by atoms with Crippen molar-refractivity contribution < 1.29 is 9.59 Å². The third-order valence-corrected chi connectivity index (χ3v) is 4.46. The zero-order valence-corrected chi connectivity index (χ0v) is 14.6. The number of benzene rings is 2. The summed E-state index contributed by atoms with van der Waals surface area (Å²) in [5.74, 6) is 0.0228. The fourth-order valence-corrected chi connectivity index (χ4v) is 2.98. The summed E-state index contributed by atoms with van der Waals surface area (Å²) in [6.45, 7) is 4.71. The molecule has 5 nitrogen and oxygen atoms in total. The third-order valence-electron chi connectivity index (χ3n) is 4.46. The van der Waals surface area contributed by atoms with E-state index in [4.69, 9.17) is 0 Å². The molecule has 0 saturated carbocycles. The summed E-state index contributed by atoms with van der Waals surface area (Å²) in [7, 11) is 0. The second-order valence-corrected chi connectivity index (χ2v) is 6.21. The Balaban J connectivity index is 1.65. The Kier molecular flexibility index (Phi) is 5.03. The molecule has 130 valence electrons. The summed E-state index contributed by atoms with van der Waals surface area (Å²) in [5, 5.41) is 6.05. The van der Waals surface area contributed by atoms with Gasteiger partial charge in [0.25, 0.3) is 0 Å². The minimum absolute atomic E-state index is 0.0231. The SMILES string of the molecule is CCC(=O)Nc1cc(NCC(=O)N2CCc3ccccc32)ccc1C. The largest absolute Gasteiger partial charge is 0.376 e. The fourth-order valence-electron chi connectivity index (χ4n) is 2.98. The number of carbonyl (C=O) groups is 2. The molecule has 2 N–H and O–H groups in total. The molecule has 2 aromatic rings. The van der Waals surface area contributed by atoms with Gasteiger partial charge in [-0.05, 0) is 42.7 Å². The average Bonchev–Trinajstić information content (AvgIpc) is 3.06. The highest BCUT2D eigenvalue weighted by atomic mass is 16.2. The standard InChI is InChI=1S/C20H23N3O2/c1-3-19(24)22-17-12-16(9-8-14(17)2)21-13-20(25)23-11-10-15-6-4-5-7-18(15)23/h4-9,12,21H,3,10-11,13H2,1-2H3,(H,22,24). The lowest BCUT2D eigenvalue weighted by Crippen LogP contribution is -2.34. The second-order valence-electron chi connectivity index (χ2n) is 6.21. The summed E-state index contributed by atoms with van der Waals surface area (Å²) in [4.78, 5) is 26.0. The maximum atomic E-state index is 12.6. The van der Waals surface area contributed by atoms with Gasteiger partial charge in [-0.1, -0.05) is 31.2 Å². The van der Waals surface area contributed by atoms with Crippen molar-refractivity contribution in [3.05, 3.63) is 53.6 Å². The molecule has 5 heteroatoms. The Morgan fingerprint density at radius 1 is 1.16 bits per heavy atom. The van der Waals surface area contributed by atoms with Gasteiger partial charge in [0.15, 0.2) is 0 Å². The number of amides is 2. The minimum Gasteiger partial charge on any atom is -0.376 e. The topological polar surface area (TPSA) is 61.4 Å². The van der Waals surface area contributed by atoms with Crippen LogP contribution in [0.5, 0.6) is 0 Å². The number of para-hydroxylation sites is 1. The molecular formula is C20H23N3O2. The second kappa shape index (κ2) is 7.38. The molecule has 3 rings (SSSR count). The van der Waals surface area contributed by atoms with Crippen LogP contribution in [0.15, 0.2) is 42.5 Å². The summed E-state index contributed by atoms with van der Waals surface area (Å²) in [6.07, 6.45) is 1.34. The summed E-state index contributed by atoms with van der Waals surface area (Å²) in [5.41, 5.74) is 4.81. The Bertz CT molecular complexity index is 801. The van der Waals surface area contributed by atoms with Crippen LogP contribution in [0.25, 0.3) is 0 Å². The van der Waals surface area contributed by atoms with E-state index in [2.05, 4.69) is 16.7 Å². The molecule has 0 aliphatic carbocycles. The van der Waals surface area contributed by atoms with Gasteiger partial charge in [0, 0.05) is 30.0 Å². The number of aryl methyl sites for hydroxylation is 1. The van der Waals surface area contributed by atoms with Gasteiger partial charge in [-0.3, -0.25) is 9.59 Å². The zero-order chi connectivity index (χ0) is 17.8. The molecule has 0 saturated heterocycles. The predicted octanol–water partition coefficient (Wildman–Crippen LogP) is 3.34. The maximum absolute atomic E-state index is 12.6. The van der Waals surface area contributed by atoms with Gasteiger partial charge in [-0.25, -0.2) is 0 Å². The van der Waals surface area contributed by atoms with Crippen molar-refractivity contribution in [2.45, 2.75) is 26.7 Å². The van der Waals surface area contributed by atoms with Crippen LogP contribution >= 0.6 is 0 Å². The molecule has 1 aliphatic heterocycles. The molecule has 2 amide bonds. The Morgan fingerprint density at radius 3 is 2.76 bits per heavy atom. The lowest BCUT2D eigenvalue weighted by Gasteiger charge is -2.18. The molecule has 0 aromatic heterocycles. The van der Waals surface area contributed by atoms with Gasteiger partial charge in [-0.2, -0.15) is 0 Å². The first-order valence-corrected chi connectivity index (χ1v) is 8.61. The number of fused-ring (bicyclic) bond motifs is 1. The van der Waals surface area contributed by atoms with E-state index < -0.39 is 0 Å². The van der Waals surface area contributed by atoms with Crippen LogP contribution in [0.1, 0.15) is 24.5 Å². The molecule has 0 atom stereocenters. The van der Waals surface area contributed by atoms with Crippen molar-refractivity contribution in [3.8, 4) is 0 Å². The average molecular weight is 337 g/mol. The van der Waals surface area contributed by atoms with Crippen LogP contribution in [-0.2, 0) is 16.0 Å². The third kappa shape index (κ3) is 3.82. The van der Waals surface area contributed by atoms with E-state index in [0.717, 1.165) is 35.6 Å². The van der Waals surface area contributed by atoms with Gasteiger partial charge < -0.3 is 15.5 Å². The number of hydrogen-bond donors (Lipinski definition) is 2. The van der Waals surface area contributed by atoms with Gasteiger partial charge in [-0.15, -0.1) is 0 Å². The molecular weight excluding hydrogens is 314 g/mol. The van der Waals surface area contributed by atoms with Crippen molar-refractivity contribution in [1.29, 1.82) is 0 Å². The monoisotopic (exact) mass is 337 g/mol. The smallest absolute Gasteiger partial charge is 0.246 e. The molecule has 0 radical (unpaired) electrons.